The minimum atomic E-state index is -0.893. The molecule has 0 spiro atoms. The Kier molecular flexibility index (Phi) is 5.36. The van der Waals surface area contributed by atoms with Crippen LogP contribution in [0.1, 0.15) is 43.4 Å². The molecule has 1 unspecified atom stereocenters. The van der Waals surface area contributed by atoms with E-state index in [2.05, 4.69) is 5.22 Å². The highest BCUT2D eigenvalue weighted by atomic mass is 16.2. The van der Waals surface area contributed by atoms with Gasteiger partial charge in [0, 0.05) is 0 Å². The van der Waals surface area contributed by atoms with Crippen LogP contribution in [-0.4, -0.2) is 11.7 Å². The molecule has 0 heterocycles. The molecule has 0 saturated carbocycles. The summed E-state index contributed by atoms with van der Waals surface area (Å²) >= 11 is 0. The number of rotatable bonds is 6. The van der Waals surface area contributed by atoms with Gasteiger partial charge in [0.2, 0.25) is 0 Å². The van der Waals surface area contributed by atoms with Crippen LogP contribution in [-0.2, 0) is 22.4 Å². The molecule has 0 aliphatic heterocycles. The van der Waals surface area contributed by atoms with Gasteiger partial charge in [0.05, 0.1) is 0 Å². The van der Waals surface area contributed by atoms with Crippen LogP contribution in [0.2, 0.25) is 0 Å². The number of carbonyl (C=O) groups excluding carboxylic acids is 2. The Labute approximate surface area is 112 Å². The second kappa shape index (κ2) is 6.78. The van der Waals surface area contributed by atoms with Gasteiger partial charge < -0.3 is 0 Å². The Balaban J connectivity index is 3.34. The Morgan fingerprint density at radius 3 is 2.47 bits per heavy atom. The number of nitrogens with zero attached hydrogens (tertiary/aromatic N) is 1. The first-order valence-corrected chi connectivity index (χ1v) is 6.34. The number of carbonyl (C=O) groups is 2. The van der Waals surface area contributed by atoms with E-state index in [-0.39, 0.29) is 5.78 Å². The molecule has 0 bridgehead atoms. The van der Waals surface area contributed by atoms with E-state index in [0.29, 0.717) is 0 Å². The molecule has 102 valence electrons. The molecular formula is C14H19N3O2. The molecule has 0 saturated heterocycles. The van der Waals surface area contributed by atoms with Crippen molar-refractivity contribution in [2.24, 2.45) is 5.22 Å². The summed E-state index contributed by atoms with van der Waals surface area (Å²) in [6, 6.07) is 5.66. The van der Waals surface area contributed by atoms with Crippen LogP contribution in [0.25, 0.3) is 0 Å². The summed E-state index contributed by atoms with van der Waals surface area (Å²) < 4.78 is 0. The maximum Gasteiger partial charge on any atom is 0.256 e. The number of nitrogens with one attached hydrogen (secondary N) is 2. The molecule has 1 aromatic rings. The topological polar surface area (TPSA) is 82.4 Å². The van der Waals surface area contributed by atoms with Gasteiger partial charge in [-0.1, -0.05) is 37.3 Å². The first-order chi connectivity index (χ1) is 9.06. The summed E-state index contributed by atoms with van der Waals surface area (Å²) in [7, 11) is 0. The van der Waals surface area contributed by atoms with Gasteiger partial charge in [0.25, 0.3) is 5.91 Å². The lowest BCUT2D eigenvalue weighted by atomic mass is 9.86. The predicted octanol–water partition coefficient (Wildman–Crippen LogP) is 2.55. The first-order valence-electron chi connectivity index (χ1n) is 6.34. The van der Waals surface area contributed by atoms with Crippen LogP contribution in [0.3, 0.4) is 0 Å². The van der Waals surface area contributed by atoms with Crippen LogP contribution in [0.5, 0.6) is 0 Å². The van der Waals surface area contributed by atoms with Gasteiger partial charge in [-0.05, 0) is 36.5 Å². The number of ketones is 1. The fourth-order valence-corrected chi connectivity index (χ4v) is 2.35. The van der Waals surface area contributed by atoms with E-state index in [1.807, 2.05) is 31.4 Å². The van der Waals surface area contributed by atoms with Crippen LogP contribution in [0, 0.1) is 5.53 Å². The molecule has 0 aliphatic carbocycles. The average molecular weight is 261 g/mol. The van der Waals surface area contributed by atoms with Crippen LogP contribution in [0.15, 0.2) is 23.4 Å². The number of Topliss-reactive ketones (excluding diaryl/α,β-unsaturated/α-hetero) is 1. The fraction of sp³-hybridized carbons (Fsp3) is 0.429. The van der Waals surface area contributed by atoms with E-state index < -0.39 is 11.8 Å². The molecule has 1 aromatic carbocycles. The molecule has 1 amide bonds. The highest BCUT2D eigenvalue weighted by Gasteiger charge is 2.27. The smallest absolute Gasteiger partial charge is 0.256 e. The van der Waals surface area contributed by atoms with Crippen molar-refractivity contribution in [1.29, 1.82) is 5.53 Å². The van der Waals surface area contributed by atoms with Gasteiger partial charge in [0.15, 0.2) is 0 Å². The molecule has 1 rings (SSSR count). The number of hydrogen-bond donors (Lipinski definition) is 2. The number of aryl methyl sites for hydroxylation is 1. The summed E-state index contributed by atoms with van der Waals surface area (Å²) in [5.41, 5.74) is 11.6. The summed E-state index contributed by atoms with van der Waals surface area (Å²) in [6.07, 6.45) is 1.61. The van der Waals surface area contributed by atoms with E-state index in [1.54, 1.807) is 6.07 Å². The van der Waals surface area contributed by atoms with Gasteiger partial charge in [-0.2, -0.15) is 5.53 Å². The summed E-state index contributed by atoms with van der Waals surface area (Å²) in [5, 5.41) is 2.86. The van der Waals surface area contributed by atoms with E-state index in [0.717, 1.165) is 29.5 Å². The molecule has 2 N–H and O–H groups in total. The van der Waals surface area contributed by atoms with Gasteiger partial charge in [-0.3, -0.25) is 9.59 Å². The molecular weight excluding hydrogens is 242 g/mol. The van der Waals surface area contributed by atoms with E-state index in [1.165, 1.54) is 6.92 Å². The zero-order valence-corrected chi connectivity index (χ0v) is 11.5. The lowest BCUT2D eigenvalue weighted by molar-refractivity contribution is -0.129. The molecule has 1 atom stereocenters. The second-order valence-corrected chi connectivity index (χ2v) is 4.32. The highest BCUT2D eigenvalue weighted by Crippen LogP contribution is 2.25. The van der Waals surface area contributed by atoms with Crippen molar-refractivity contribution in [3.63, 3.8) is 0 Å². The Hall–Kier alpha value is -2.04. The van der Waals surface area contributed by atoms with Gasteiger partial charge in [-0.25, -0.2) is 5.43 Å². The number of hydrogen-bond acceptors (Lipinski definition) is 4. The monoisotopic (exact) mass is 261 g/mol. The van der Waals surface area contributed by atoms with Crippen molar-refractivity contribution in [2.75, 3.05) is 0 Å². The Bertz CT molecular complexity index is 497. The molecule has 19 heavy (non-hydrogen) atoms. The van der Waals surface area contributed by atoms with Crippen LogP contribution >= 0.6 is 0 Å². The van der Waals surface area contributed by atoms with Crippen molar-refractivity contribution in [1.82, 2.24) is 5.43 Å². The summed E-state index contributed by atoms with van der Waals surface area (Å²) in [4.78, 5) is 23.7. The molecule has 0 aromatic heterocycles. The number of benzene rings is 1. The van der Waals surface area contributed by atoms with Crippen LogP contribution in [0.4, 0.5) is 0 Å². The third-order valence-corrected chi connectivity index (χ3v) is 3.19. The zero-order chi connectivity index (χ0) is 14.4. The molecule has 0 radical (unpaired) electrons. The van der Waals surface area contributed by atoms with Gasteiger partial charge in [-0.15, -0.1) is 0 Å². The van der Waals surface area contributed by atoms with Gasteiger partial charge >= 0.3 is 0 Å². The predicted molar refractivity (Wildman–Crippen MR) is 71.9 cm³/mol. The minimum absolute atomic E-state index is 0.246. The summed E-state index contributed by atoms with van der Waals surface area (Å²) in [6.45, 7) is 5.43. The normalized spacial score (nSPS) is 11.7. The Morgan fingerprint density at radius 2 is 2.00 bits per heavy atom. The largest absolute Gasteiger partial charge is 0.299 e. The quantitative estimate of drug-likeness (QED) is 0.468. The highest BCUT2D eigenvalue weighted by molar-refractivity contribution is 6.05. The van der Waals surface area contributed by atoms with Crippen LogP contribution < -0.4 is 5.43 Å². The zero-order valence-electron chi connectivity index (χ0n) is 11.5. The molecule has 5 heteroatoms. The van der Waals surface area contributed by atoms with Crippen molar-refractivity contribution < 1.29 is 9.59 Å². The van der Waals surface area contributed by atoms with E-state index in [4.69, 9.17) is 5.53 Å². The van der Waals surface area contributed by atoms with Crippen molar-refractivity contribution in [2.45, 2.75) is 39.5 Å². The SMILES string of the molecule is CCc1cccc(C(C(C)=O)C(=O)NN=N)c1CC. The number of amides is 1. The lowest BCUT2D eigenvalue weighted by Crippen LogP contribution is -2.30. The average Bonchev–Trinajstić information content (AvgIpc) is 2.38. The third kappa shape index (κ3) is 3.24. The van der Waals surface area contributed by atoms with Crippen molar-refractivity contribution in [3.05, 3.63) is 34.9 Å². The van der Waals surface area contributed by atoms with Crippen molar-refractivity contribution in [3.8, 4) is 0 Å². The molecule has 0 fully saturated rings. The molecule has 5 nitrogen and oxygen atoms in total. The van der Waals surface area contributed by atoms with E-state index in [9.17, 15) is 9.59 Å². The third-order valence-electron chi connectivity index (χ3n) is 3.19. The first kappa shape index (κ1) is 15.0. The molecule has 0 aliphatic rings. The second-order valence-electron chi connectivity index (χ2n) is 4.32. The fourth-order valence-electron chi connectivity index (χ4n) is 2.35. The maximum atomic E-state index is 11.9. The van der Waals surface area contributed by atoms with Gasteiger partial charge in [0.1, 0.15) is 11.7 Å². The minimum Gasteiger partial charge on any atom is -0.299 e. The standard InChI is InChI=1S/C14H19N3O2/c1-4-10-7-6-8-12(11(10)5-2)13(9(3)18)14(19)16-17-15/h6-8,13H,4-5H2,1-3H3,(H2,15,16,19). The Morgan fingerprint density at radius 1 is 1.32 bits per heavy atom. The maximum absolute atomic E-state index is 11.9. The van der Waals surface area contributed by atoms with Crippen molar-refractivity contribution >= 4 is 11.7 Å². The summed E-state index contributed by atoms with van der Waals surface area (Å²) in [5.74, 6) is -1.69. The van der Waals surface area contributed by atoms with E-state index >= 15 is 0 Å². The lowest BCUT2D eigenvalue weighted by Gasteiger charge is -2.18.